The molecule has 2 heterocycles. The van der Waals surface area contributed by atoms with E-state index in [0.717, 1.165) is 17.0 Å². The van der Waals surface area contributed by atoms with Crippen LogP contribution in [0.1, 0.15) is 24.3 Å². The summed E-state index contributed by atoms with van der Waals surface area (Å²) >= 11 is 0. The summed E-state index contributed by atoms with van der Waals surface area (Å²) in [5, 5.41) is 0. The van der Waals surface area contributed by atoms with Crippen molar-refractivity contribution in [1.29, 1.82) is 0 Å². The number of anilines is 1. The third kappa shape index (κ3) is 3.23. The monoisotopic (exact) mass is 360 g/mol. The molecule has 0 unspecified atom stereocenters. The largest absolute Gasteiger partial charge is 0.443 e. The zero-order chi connectivity index (χ0) is 17.5. The molecule has 3 rings (SSSR count). The summed E-state index contributed by atoms with van der Waals surface area (Å²) in [6.07, 6.45) is -0.819. The van der Waals surface area contributed by atoms with Crippen LogP contribution < -0.4 is 10.6 Å². The summed E-state index contributed by atoms with van der Waals surface area (Å²) in [6.45, 7) is 0.261. The number of ether oxygens (including phenoxy) is 1. The van der Waals surface area contributed by atoms with Crippen LogP contribution in [0.2, 0.25) is 0 Å². The summed E-state index contributed by atoms with van der Waals surface area (Å²) < 4.78 is 56.8. The van der Waals surface area contributed by atoms with Crippen molar-refractivity contribution in [2.24, 2.45) is 5.73 Å². The lowest BCUT2D eigenvalue weighted by Gasteiger charge is -2.24. The van der Waals surface area contributed by atoms with Crippen molar-refractivity contribution in [2.75, 3.05) is 29.5 Å². The van der Waals surface area contributed by atoms with Gasteiger partial charge in [-0.05, 0) is 30.9 Å². The van der Waals surface area contributed by atoms with Gasteiger partial charge in [0, 0.05) is 12.1 Å². The number of carbonyl (C=O) groups is 1. The number of nitrogens with two attached hydrogens (primary N) is 1. The molecule has 2 aliphatic rings. The van der Waals surface area contributed by atoms with Gasteiger partial charge in [0.15, 0.2) is 0 Å². The minimum atomic E-state index is -3.11. The predicted molar refractivity (Wildman–Crippen MR) is 83.7 cm³/mol. The van der Waals surface area contributed by atoms with Gasteiger partial charge in [-0.1, -0.05) is 0 Å². The van der Waals surface area contributed by atoms with Crippen molar-refractivity contribution in [2.45, 2.75) is 24.9 Å². The summed E-state index contributed by atoms with van der Waals surface area (Å²) in [6, 6.07) is 2.17. The molecule has 2 N–H and O–H groups in total. The number of sulfone groups is 1. The first kappa shape index (κ1) is 17.1. The highest BCUT2D eigenvalue weighted by molar-refractivity contribution is 7.91. The first-order valence-electron chi connectivity index (χ1n) is 7.68. The van der Waals surface area contributed by atoms with Crippen LogP contribution in [0.3, 0.4) is 0 Å². The van der Waals surface area contributed by atoms with Gasteiger partial charge < -0.3 is 10.5 Å². The lowest BCUT2D eigenvalue weighted by atomic mass is 9.92. The average molecular weight is 360 g/mol. The number of rotatable bonds is 3. The van der Waals surface area contributed by atoms with Gasteiger partial charge >= 0.3 is 6.09 Å². The van der Waals surface area contributed by atoms with E-state index in [4.69, 9.17) is 10.5 Å². The fraction of sp³-hybridized carbons (Fsp3) is 0.533. The second kappa shape index (κ2) is 6.29. The normalized spacial score (nSPS) is 24.2. The van der Waals surface area contributed by atoms with Gasteiger partial charge in [0.2, 0.25) is 0 Å². The maximum absolute atomic E-state index is 14.5. The van der Waals surface area contributed by atoms with Crippen molar-refractivity contribution >= 4 is 21.6 Å². The molecule has 0 bridgehead atoms. The zero-order valence-electron chi connectivity index (χ0n) is 12.9. The Hall–Kier alpha value is -1.74. The van der Waals surface area contributed by atoms with Crippen molar-refractivity contribution < 1.29 is 26.7 Å². The Bertz CT molecular complexity index is 732. The molecule has 1 amide bonds. The minimum absolute atomic E-state index is 0.0677. The molecule has 0 spiro atoms. The van der Waals surface area contributed by atoms with Crippen molar-refractivity contribution in [3.8, 4) is 0 Å². The number of cyclic esters (lactones) is 1. The SMILES string of the molecule is NC[C@H]1CN(c2cc(F)c(C3CCS(=O)(=O)CC3)c(F)c2)C(=O)O1. The van der Waals surface area contributed by atoms with Gasteiger partial charge in [0.25, 0.3) is 0 Å². The maximum atomic E-state index is 14.5. The number of benzene rings is 1. The first-order chi connectivity index (χ1) is 11.3. The van der Waals surface area contributed by atoms with Crippen LogP contribution in [0.5, 0.6) is 0 Å². The highest BCUT2D eigenvalue weighted by Crippen LogP contribution is 2.35. The highest BCUT2D eigenvalue weighted by atomic mass is 32.2. The van der Waals surface area contributed by atoms with E-state index in [1.165, 1.54) is 0 Å². The Morgan fingerprint density at radius 2 is 1.79 bits per heavy atom. The number of amides is 1. The average Bonchev–Trinajstić information content (AvgIpc) is 2.89. The fourth-order valence-electron chi connectivity index (χ4n) is 3.15. The van der Waals surface area contributed by atoms with E-state index in [2.05, 4.69) is 0 Å². The molecule has 2 fully saturated rings. The van der Waals surface area contributed by atoms with E-state index in [1.807, 2.05) is 0 Å². The van der Waals surface area contributed by atoms with Crippen LogP contribution in [0.15, 0.2) is 12.1 Å². The van der Waals surface area contributed by atoms with E-state index in [0.29, 0.717) is 0 Å². The van der Waals surface area contributed by atoms with Crippen LogP contribution in [0.4, 0.5) is 19.3 Å². The molecule has 0 radical (unpaired) electrons. The standard InChI is InChI=1S/C15H18F2N2O4S/c16-12-5-10(19-8-11(7-18)23-15(19)20)6-13(17)14(12)9-1-3-24(21,22)4-2-9/h5-6,9,11H,1-4,7-8,18H2/t11-/m0/s1. The highest BCUT2D eigenvalue weighted by Gasteiger charge is 2.34. The zero-order valence-corrected chi connectivity index (χ0v) is 13.7. The van der Waals surface area contributed by atoms with Crippen LogP contribution in [0.25, 0.3) is 0 Å². The topological polar surface area (TPSA) is 89.7 Å². The molecule has 6 nitrogen and oxygen atoms in total. The Morgan fingerprint density at radius 1 is 1.21 bits per heavy atom. The van der Waals surface area contributed by atoms with Crippen LogP contribution in [0, 0.1) is 11.6 Å². The third-order valence-corrected chi connectivity index (χ3v) is 6.19. The number of hydrogen-bond donors (Lipinski definition) is 1. The molecule has 132 valence electrons. The number of hydrogen-bond acceptors (Lipinski definition) is 5. The van der Waals surface area contributed by atoms with Gasteiger partial charge in [-0.2, -0.15) is 0 Å². The minimum Gasteiger partial charge on any atom is -0.443 e. The van der Waals surface area contributed by atoms with Crippen LogP contribution in [-0.2, 0) is 14.6 Å². The lowest BCUT2D eigenvalue weighted by molar-refractivity contribution is 0.145. The molecule has 2 aliphatic heterocycles. The molecule has 0 aromatic heterocycles. The van der Waals surface area contributed by atoms with Crippen LogP contribution in [-0.4, -0.2) is 45.2 Å². The van der Waals surface area contributed by atoms with Crippen molar-refractivity contribution in [3.05, 3.63) is 29.3 Å². The Balaban J connectivity index is 1.86. The Kier molecular flexibility index (Phi) is 4.48. The summed E-state index contributed by atoms with van der Waals surface area (Å²) in [5.41, 5.74) is 5.39. The van der Waals surface area contributed by atoms with Crippen LogP contribution >= 0.6 is 0 Å². The van der Waals surface area contributed by atoms with Gasteiger partial charge in [-0.3, -0.25) is 4.90 Å². The van der Waals surface area contributed by atoms with E-state index in [9.17, 15) is 22.0 Å². The molecule has 1 aromatic rings. The van der Waals surface area contributed by atoms with Gasteiger partial charge in [0.1, 0.15) is 27.6 Å². The molecule has 0 aliphatic carbocycles. The molecule has 0 saturated carbocycles. The molecule has 2 saturated heterocycles. The predicted octanol–water partition coefficient (Wildman–Crippen LogP) is 1.54. The molecular weight excluding hydrogens is 342 g/mol. The van der Waals surface area contributed by atoms with E-state index in [-0.39, 0.29) is 48.7 Å². The summed E-state index contributed by atoms with van der Waals surface area (Å²) in [4.78, 5) is 12.9. The number of halogens is 2. The van der Waals surface area contributed by atoms with E-state index < -0.39 is 39.6 Å². The number of carbonyl (C=O) groups excluding carboxylic acids is 1. The van der Waals surface area contributed by atoms with Gasteiger partial charge in [-0.15, -0.1) is 0 Å². The van der Waals surface area contributed by atoms with Gasteiger partial charge in [0.05, 0.1) is 23.7 Å². The Morgan fingerprint density at radius 3 is 2.29 bits per heavy atom. The molecular formula is C15H18F2N2O4S. The second-order valence-corrected chi connectivity index (χ2v) is 8.40. The quantitative estimate of drug-likeness (QED) is 0.883. The molecule has 9 heteroatoms. The lowest BCUT2D eigenvalue weighted by Crippen LogP contribution is -2.28. The first-order valence-corrected chi connectivity index (χ1v) is 9.50. The molecule has 1 atom stereocenters. The molecule has 24 heavy (non-hydrogen) atoms. The van der Waals surface area contributed by atoms with Crippen molar-refractivity contribution in [1.82, 2.24) is 0 Å². The fourth-order valence-corrected chi connectivity index (χ4v) is 4.64. The van der Waals surface area contributed by atoms with E-state index in [1.54, 1.807) is 0 Å². The van der Waals surface area contributed by atoms with Crippen molar-refractivity contribution in [3.63, 3.8) is 0 Å². The Labute approximate surface area is 138 Å². The summed E-state index contributed by atoms with van der Waals surface area (Å²) in [5.74, 6) is -2.19. The smallest absolute Gasteiger partial charge is 0.414 e. The molecule has 1 aromatic carbocycles. The maximum Gasteiger partial charge on any atom is 0.414 e. The van der Waals surface area contributed by atoms with Gasteiger partial charge in [-0.25, -0.2) is 22.0 Å². The number of nitrogens with zero attached hydrogens (tertiary/aromatic N) is 1. The van der Waals surface area contributed by atoms with E-state index >= 15 is 0 Å². The third-order valence-electron chi connectivity index (χ3n) is 4.48. The second-order valence-electron chi connectivity index (χ2n) is 6.10. The summed E-state index contributed by atoms with van der Waals surface area (Å²) in [7, 11) is -3.11.